The molecule has 0 aromatic heterocycles. The number of nitrogens with one attached hydrogen (secondary N) is 1. The molecule has 2 aromatic rings. The standard InChI is InChI=1S/C20H24N2O3/c1-3-13-25-18-11-9-16(10-12-18)14-21-19(23)15-22(2)20(24)17-7-5-4-6-8-17/h4-12H,3,13-15H2,1-2H3,(H,21,23). The van der Waals surface area contributed by atoms with Gasteiger partial charge in [0.1, 0.15) is 5.75 Å². The number of rotatable bonds is 8. The van der Waals surface area contributed by atoms with E-state index >= 15 is 0 Å². The molecule has 0 bridgehead atoms. The molecule has 0 aliphatic carbocycles. The molecule has 5 nitrogen and oxygen atoms in total. The lowest BCUT2D eigenvalue weighted by molar-refractivity contribution is -0.121. The first-order valence-corrected chi connectivity index (χ1v) is 8.39. The van der Waals surface area contributed by atoms with E-state index in [1.54, 1.807) is 31.3 Å². The van der Waals surface area contributed by atoms with Gasteiger partial charge in [-0.25, -0.2) is 0 Å². The lowest BCUT2D eigenvalue weighted by atomic mass is 10.2. The first-order valence-electron chi connectivity index (χ1n) is 8.39. The van der Waals surface area contributed by atoms with Crippen LogP contribution in [0.2, 0.25) is 0 Å². The fourth-order valence-electron chi connectivity index (χ4n) is 2.27. The largest absolute Gasteiger partial charge is 0.494 e. The zero-order valence-electron chi connectivity index (χ0n) is 14.7. The summed E-state index contributed by atoms with van der Waals surface area (Å²) in [5.41, 5.74) is 1.55. The summed E-state index contributed by atoms with van der Waals surface area (Å²) in [6.07, 6.45) is 0.965. The van der Waals surface area contributed by atoms with Gasteiger partial charge in [0.2, 0.25) is 5.91 Å². The van der Waals surface area contributed by atoms with Crippen LogP contribution in [0.25, 0.3) is 0 Å². The van der Waals surface area contributed by atoms with Gasteiger partial charge in [0.25, 0.3) is 5.91 Å². The predicted octanol–water partition coefficient (Wildman–Crippen LogP) is 2.86. The van der Waals surface area contributed by atoms with E-state index in [-0.39, 0.29) is 18.4 Å². The lowest BCUT2D eigenvalue weighted by Gasteiger charge is -2.17. The molecular weight excluding hydrogens is 316 g/mol. The van der Waals surface area contributed by atoms with E-state index < -0.39 is 0 Å². The number of likely N-dealkylation sites (N-methyl/N-ethyl adjacent to an activating group) is 1. The van der Waals surface area contributed by atoms with Gasteiger partial charge in [-0.3, -0.25) is 9.59 Å². The Morgan fingerprint density at radius 2 is 1.72 bits per heavy atom. The van der Waals surface area contributed by atoms with Crippen LogP contribution < -0.4 is 10.1 Å². The molecule has 0 unspecified atom stereocenters. The highest BCUT2D eigenvalue weighted by Crippen LogP contribution is 2.12. The molecular formula is C20H24N2O3. The Bertz CT molecular complexity index is 684. The molecule has 0 atom stereocenters. The summed E-state index contributed by atoms with van der Waals surface area (Å²) < 4.78 is 5.53. The van der Waals surface area contributed by atoms with E-state index in [0.717, 1.165) is 17.7 Å². The molecule has 2 rings (SSSR count). The van der Waals surface area contributed by atoms with Gasteiger partial charge < -0.3 is 15.0 Å². The van der Waals surface area contributed by atoms with Crippen molar-refractivity contribution in [2.45, 2.75) is 19.9 Å². The number of benzene rings is 2. The van der Waals surface area contributed by atoms with Gasteiger partial charge in [-0.2, -0.15) is 0 Å². The van der Waals surface area contributed by atoms with Crippen LogP contribution in [0.1, 0.15) is 29.3 Å². The topological polar surface area (TPSA) is 58.6 Å². The Balaban J connectivity index is 1.79. The molecule has 0 radical (unpaired) electrons. The van der Waals surface area contributed by atoms with Crippen molar-refractivity contribution in [3.63, 3.8) is 0 Å². The van der Waals surface area contributed by atoms with Crippen LogP contribution in [0, 0.1) is 0 Å². The third-order valence-electron chi connectivity index (χ3n) is 3.63. The highest BCUT2D eigenvalue weighted by atomic mass is 16.5. The number of nitrogens with zero attached hydrogens (tertiary/aromatic N) is 1. The molecule has 0 fully saturated rings. The summed E-state index contributed by atoms with van der Waals surface area (Å²) in [6.45, 7) is 3.19. The quantitative estimate of drug-likeness (QED) is 0.804. The van der Waals surface area contributed by atoms with E-state index in [1.807, 2.05) is 30.3 Å². The summed E-state index contributed by atoms with van der Waals surface area (Å²) in [5.74, 6) is 0.455. The second-order valence-corrected chi connectivity index (χ2v) is 5.80. The van der Waals surface area contributed by atoms with Gasteiger partial charge in [0.15, 0.2) is 0 Å². The van der Waals surface area contributed by atoms with E-state index in [0.29, 0.717) is 18.7 Å². The summed E-state index contributed by atoms with van der Waals surface area (Å²) in [6, 6.07) is 16.5. The van der Waals surface area contributed by atoms with Gasteiger partial charge in [-0.05, 0) is 36.2 Å². The van der Waals surface area contributed by atoms with Gasteiger partial charge in [0.05, 0.1) is 13.2 Å². The Labute approximate surface area is 148 Å². The number of hydrogen-bond donors (Lipinski definition) is 1. The molecule has 0 aliphatic heterocycles. The molecule has 25 heavy (non-hydrogen) atoms. The third-order valence-corrected chi connectivity index (χ3v) is 3.63. The smallest absolute Gasteiger partial charge is 0.254 e. The molecule has 0 spiro atoms. The van der Waals surface area contributed by atoms with Gasteiger partial charge in [-0.15, -0.1) is 0 Å². The van der Waals surface area contributed by atoms with E-state index in [2.05, 4.69) is 12.2 Å². The second kappa shape index (κ2) is 9.47. The van der Waals surface area contributed by atoms with Crippen LogP contribution in [0.3, 0.4) is 0 Å². The maximum absolute atomic E-state index is 12.2. The van der Waals surface area contributed by atoms with Gasteiger partial charge in [0, 0.05) is 19.2 Å². The highest BCUT2D eigenvalue weighted by Gasteiger charge is 2.14. The summed E-state index contributed by atoms with van der Waals surface area (Å²) >= 11 is 0. The van der Waals surface area contributed by atoms with E-state index in [1.165, 1.54) is 4.90 Å². The number of carbonyl (C=O) groups is 2. The molecule has 5 heteroatoms. The van der Waals surface area contributed by atoms with Crippen molar-refractivity contribution in [3.05, 3.63) is 65.7 Å². The average Bonchev–Trinajstić information content (AvgIpc) is 2.65. The normalized spacial score (nSPS) is 10.2. The van der Waals surface area contributed by atoms with E-state index in [9.17, 15) is 9.59 Å². The SMILES string of the molecule is CCCOc1ccc(CNC(=O)CN(C)C(=O)c2ccccc2)cc1. The summed E-state index contributed by atoms with van der Waals surface area (Å²) in [4.78, 5) is 25.7. The van der Waals surface area contributed by atoms with Gasteiger partial charge >= 0.3 is 0 Å². The lowest BCUT2D eigenvalue weighted by Crippen LogP contribution is -2.38. The van der Waals surface area contributed by atoms with Crippen LogP contribution in [0.5, 0.6) is 5.75 Å². The molecule has 0 saturated carbocycles. The molecule has 0 heterocycles. The van der Waals surface area contributed by atoms with Gasteiger partial charge in [-0.1, -0.05) is 37.3 Å². The molecule has 1 N–H and O–H groups in total. The Kier molecular flexibility index (Phi) is 7.01. The van der Waals surface area contributed by atoms with Crippen molar-refractivity contribution in [1.82, 2.24) is 10.2 Å². The number of amides is 2. The van der Waals surface area contributed by atoms with Crippen molar-refractivity contribution < 1.29 is 14.3 Å². The third kappa shape index (κ3) is 5.95. The summed E-state index contributed by atoms with van der Waals surface area (Å²) in [7, 11) is 1.62. The zero-order valence-corrected chi connectivity index (χ0v) is 14.7. The fraction of sp³-hybridized carbons (Fsp3) is 0.300. The first-order chi connectivity index (χ1) is 12.1. The highest BCUT2D eigenvalue weighted by molar-refractivity contribution is 5.96. The van der Waals surface area contributed by atoms with Crippen LogP contribution in [-0.2, 0) is 11.3 Å². The van der Waals surface area contributed by atoms with Crippen LogP contribution in [0.4, 0.5) is 0 Å². The molecule has 2 aromatic carbocycles. The Hall–Kier alpha value is -2.82. The van der Waals surface area contributed by atoms with Crippen LogP contribution >= 0.6 is 0 Å². The van der Waals surface area contributed by atoms with Crippen molar-refractivity contribution in [1.29, 1.82) is 0 Å². The van der Waals surface area contributed by atoms with Crippen molar-refractivity contribution >= 4 is 11.8 Å². The minimum absolute atomic E-state index is 0.0193. The zero-order chi connectivity index (χ0) is 18.1. The molecule has 2 amide bonds. The van der Waals surface area contributed by atoms with Crippen molar-refractivity contribution in [3.8, 4) is 5.75 Å². The first kappa shape index (κ1) is 18.5. The van der Waals surface area contributed by atoms with Crippen LogP contribution in [-0.4, -0.2) is 36.9 Å². The Morgan fingerprint density at radius 1 is 1.04 bits per heavy atom. The monoisotopic (exact) mass is 340 g/mol. The van der Waals surface area contributed by atoms with E-state index in [4.69, 9.17) is 4.74 Å². The minimum Gasteiger partial charge on any atom is -0.494 e. The Morgan fingerprint density at radius 3 is 2.36 bits per heavy atom. The van der Waals surface area contributed by atoms with Crippen molar-refractivity contribution in [2.75, 3.05) is 20.2 Å². The summed E-state index contributed by atoms with van der Waals surface area (Å²) in [5, 5.41) is 2.83. The molecule has 132 valence electrons. The second-order valence-electron chi connectivity index (χ2n) is 5.80. The predicted molar refractivity (Wildman–Crippen MR) is 97.5 cm³/mol. The number of ether oxygens (including phenoxy) is 1. The minimum atomic E-state index is -0.196. The fourth-order valence-corrected chi connectivity index (χ4v) is 2.27. The van der Waals surface area contributed by atoms with Crippen LogP contribution in [0.15, 0.2) is 54.6 Å². The maximum atomic E-state index is 12.2. The number of hydrogen-bond acceptors (Lipinski definition) is 3. The maximum Gasteiger partial charge on any atom is 0.254 e. The molecule has 0 aliphatic rings. The average molecular weight is 340 g/mol. The number of carbonyl (C=O) groups excluding carboxylic acids is 2. The van der Waals surface area contributed by atoms with Crippen molar-refractivity contribution in [2.24, 2.45) is 0 Å². The molecule has 0 saturated heterocycles.